The highest BCUT2D eigenvalue weighted by atomic mass is 16.2. The van der Waals surface area contributed by atoms with Crippen LogP contribution in [0, 0.1) is 0 Å². The molecule has 2 N–H and O–H groups in total. The summed E-state index contributed by atoms with van der Waals surface area (Å²) in [5.41, 5.74) is 3.14. The minimum Gasteiger partial charge on any atom is -0.351 e. The third kappa shape index (κ3) is 4.03. The van der Waals surface area contributed by atoms with E-state index in [1.807, 2.05) is 67.5 Å². The molecule has 3 amide bonds. The van der Waals surface area contributed by atoms with Crippen molar-refractivity contribution in [2.24, 2.45) is 0 Å². The number of para-hydroxylation sites is 1. The summed E-state index contributed by atoms with van der Waals surface area (Å²) >= 11 is 0. The molecule has 0 bridgehead atoms. The van der Waals surface area contributed by atoms with Gasteiger partial charge < -0.3 is 15.5 Å². The number of urea groups is 1. The van der Waals surface area contributed by atoms with E-state index >= 15 is 0 Å². The molecule has 0 fully saturated rings. The summed E-state index contributed by atoms with van der Waals surface area (Å²) in [6.45, 7) is 1.94. The average Bonchev–Trinajstić information content (AvgIpc) is 3.06. The molecule has 0 aliphatic carbocycles. The van der Waals surface area contributed by atoms with Crippen LogP contribution in [0.25, 0.3) is 0 Å². The fourth-order valence-corrected chi connectivity index (χ4v) is 3.06. The SMILES string of the molecule is CN(C)CCNC(=O)c1cccc2c1CCN2C(=O)Nc1ccccc1. The number of amides is 3. The Morgan fingerprint density at radius 2 is 1.85 bits per heavy atom. The number of carbonyl (C=O) groups excluding carboxylic acids is 2. The first-order chi connectivity index (χ1) is 12.6. The maximum atomic E-state index is 12.6. The van der Waals surface area contributed by atoms with Crippen molar-refractivity contribution in [1.82, 2.24) is 10.2 Å². The van der Waals surface area contributed by atoms with Crippen molar-refractivity contribution in [1.29, 1.82) is 0 Å². The standard InChI is InChI=1S/C20H24N4O2/c1-23(2)14-12-21-19(25)17-9-6-10-18-16(17)11-13-24(18)20(26)22-15-7-4-3-5-8-15/h3-10H,11-14H2,1-2H3,(H,21,25)(H,22,26). The van der Waals surface area contributed by atoms with Crippen LogP contribution in [0.5, 0.6) is 0 Å². The van der Waals surface area contributed by atoms with Gasteiger partial charge in [0, 0.05) is 36.6 Å². The van der Waals surface area contributed by atoms with Crippen molar-refractivity contribution in [3.63, 3.8) is 0 Å². The molecule has 0 saturated carbocycles. The largest absolute Gasteiger partial charge is 0.351 e. The smallest absolute Gasteiger partial charge is 0.326 e. The number of rotatable bonds is 5. The summed E-state index contributed by atoms with van der Waals surface area (Å²) in [6.07, 6.45) is 0.675. The van der Waals surface area contributed by atoms with Gasteiger partial charge in [0.05, 0.1) is 0 Å². The van der Waals surface area contributed by atoms with E-state index in [1.165, 1.54) is 0 Å². The number of benzene rings is 2. The van der Waals surface area contributed by atoms with Gasteiger partial charge >= 0.3 is 6.03 Å². The summed E-state index contributed by atoms with van der Waals surface area (Å²) in [4.78, 5) is 28.8. The minimum absolute atomic E-state index is 0.0889. The first-order valence-electron chi connectivity index (χ1n) is 8.74. The van der Waals surface area contributed by atoms with Crippen LogP contribution in [0.2, 0.25) is 0 Å². The molecule has 6 nitrogen and oxygen atoms in total. The highest BCUT2D eigenvalue weighted by molar-refractivity contribution is 6.05. The highest BCUT2D eigenvalue weighted by Crippen LogP contribution is 2.31. The van der Waals surface area contributed by atoms with E-state index in [9.17, 15) is 9.59 Å². The number of likely N-dealkylation sites (N-methyl/N-ethyl adjacent to an activating group) is 1. The van der Waals surface area contributed by atoms with Gasteiger partial charge in [-0.3, -0.25) is 9.69 Å². The summed E-state index contributed by atoms with van der Waals surface area (Å²) in [6, 6.07) is 14.7. The second-order valence-corrected chi connectivity index (χ2v) is 6.56. The van der Waals surface area contributed by atoms with E-state index in [4.69, 9.17) is 0 Å². The van der Waals surface area contributed by atoms with Crippen molar-refractivity contribution in [3.05, 3.63) is 59.7 Å². The number of nitrogens with zero attached hydrogens (tertiary/aromatic N) is 2. The molecule has 2 aromatic rings. The quantitative estimate of drug-likeness (QED) is 0.869. The molecule has 1 aliphatic heterocycles. The lowest BCUT2D eigenvalue weighted by molar-refractivity contribution is 0.0950. The van der Waals surface area contributed by atoms with E-state index in [2.05, 4.69) is 10.6 Å². The van der Waals surface area contributed by atoms with Gasteiger partial charge in [-0.1, -0.05) is 24.3 Å². The molecule has 0 unspecified atom stereocenters. The lowest BCUT2D eigenvalue weighted by Gasteiger charge is -2.18. The van der Waals surface area contributed by atoms with Crippen LogP contribution in [-0.2, 0) is 6.42 Å². The fourth-order valence-electron chi connectivity index (χ4n) is 3.06. The van der Waals surface area contributed by atoms with Crippen molar-refractivity contribution in [2.45, 2.75) is 6.42 Å². The zero-order valence-corrected chi connectivity index (χ0v) is 15.2. The Morgan fingerprint density at radius 1 is 1.08 bits per heavy atom. The van der Waals surface area contributed by atoms with E-state index in [0.717, 1.165) is 23.5 Å². The Hall–Kier alpha value is -2.86. The van der Waals surface area contributed by atoms with E-state index < -0.39 is 0 Å². The highest BCUT2D eigenvalue weighted by Gasteiger charge is 2.28. The third-order valence-electron chi connectivity index (χ3n) is 4.39. The molecular weight excluding hydrogens is 328 g/mol. The molecule has 6 heteroatoms. The van der Waals surface area contributed by atoms with E-state index in [1.54, 1.807) is 4.90 Å². The van der Waals surface area contributed by atoms with Crippen molar-refractivity contribution < 1.29 is 9.59 Å². The zero-order valence-electron chi connectivity index (χ0n) is 15.2. The molecule has 0 aromatic heterocycles. The van der Waals surface area contributed by atoms with Gasteiger partial charge in [0.2, 0.25) is 0 Å². The zero-order chi connectivity index (χ0) is 18.5. The number of fused-ring (bicyclic) bond motifs is 1. The van der Waals surface area contributed by atoms with Gasteiger partial charge in [-0.2, -0.15) is 0 Å². The Labute approximate surface area is 153 Å². The summed E-state index contributed by atoms with van der Waals surface area (Å²) in [5, 5.41) is 5.85. The number of hydrogen-bond acceptors (Lipinski definition) is 3. The molecule has 0 spiro atoms. The molecule has 0 atom stereocenters. The van der Waals surface area contributed by atoms with E-state index in [-0.39, 0.29) is 11.9 Å². The first kappa shape index (κ1) is 17.9. The number of carbonyl (C=O) groups is 2. The monoisotopic (exact) mass is 352 g/mol. The lowest BCUT2D eigenvalue weighted by Crippen LogP contribution is -2.33. The van der Waals surface area contributed by atoms with Gasteiger partial charge in [-0.15, -0.1) is 0 Å². The molecular formula is C20H24N4O2. The third-order valence-corrected chi connectivity index (χ3v) is 4.39. The lowest BCUT2D eigenvalue weighted by atomic mass is 10.0. The Bertz CT molecular complexity index is 790. The second-order valence-electron chi connectivity index (χ2n) is 6.56. The summed E-state index contributed by atoms with van der Waals surface area (Å²) < 4.78 is 0. The van der Waals surface area contributed by atoms with E-state index in [0.29, 0.717) is 25.1 Å². The maximum Gasteiger partial charge on any atom is 0.326 e. The topological polar surface area (TPSA) is 64.7 Å². The number of anilines is 2. The molecule has 26 heavy (non-hydrogen) atoms. The van der Waals surface area contributed by atoms with Gasteiger partial charge in [-0.05, 0) is 50.3 Å². The van der Waals surface area contributed by atoms with Crippen LogP contribution in [0.1, 0.15) is 15.9 Å². The Morgan fingerprint density at radius 3 is 2.58 bits per heavy atom. The van der Waals surface area contributed by atoms with Gasteiger partial charge in [0.1, 0.15) is 0 Å². The van der Waals surface area contributed by atoms with Crippen LogP contribution in [0.15, 0.2) is 48.5 Å². The predicted octanol–water partition coefficient (Wildman–Crippen LogP) is 2.57. The van der Waals surface area contributed by atoms with Crippen molar-refractivity contribution >= 4 is 23.3 Å². The van der Waals surface area contributed by atoms with Crippen LogP contribution < -0.4 is 15.5 Å². The molecule has 0 saturated heterocycles. The van der Waals surface area contributed by atoms with Crippen molar-refractivity contribution in [3.8, 4) is 0 Å². The number of hydrogen-bond donors (Lipinski definition) is 2. The molecule has 2 aromatic carbocycles. The Balaban J connectivity index is 1.73. The van der Waals surface area contributed by atoms with Crippen LogP contribution >= 0.6 is 0 Å². The van der Waals surface area contributed by atoms with Crippen LogP contribution in [0.3, 0.4) is 0 Å². The second kappa shape index (κ2) is 8.01. The molecule has 1 aliphatic rings. The first-order valence-corrected chi connectivity index (χ1v) is 8.74. The van der Waals surface area contributed by atoms with Crippen LogP contribution in [0.4, 0.5) is 16.2 Å². The minimum atomic E-state index is -0.180. The normalized spacial score (nSPS) is 12.8. The summed E-state index contributed by atoms with van der Waals surface area (Å²) in [7, 11) is 3.94. The Kier molecular flexibility index (Phi) is 5.53. The molecule has 0 radical (unpaired) electrons. The van der Waals surface area contributed by atoms with Crippen LogP contribution in [-0.4, -0.2) is 50.6 Å². The van der Waals surface area contributed by atoms with Gasteiger partial charge in [0.25, 0.3) is 5.91 Å². The average molecular weight is 352 g/mol. The fraction of sp³-hybridized carbons (Fsp3) is 0.300. The predicted molar refractivity (Wildman–Crippen MR) is 104 cm³/mol. The molecule has 1 heterocycles. The van der Waals surface area contributed by atoms with Gasteiger partial charge in [-0.25, -0.2) is 4.79 Å². The molecule has 3 rings (SSSR count). The van der Waals surface area contributed by atoms with Gasteiger partial charge in [0.15, 0.2) is 0 Å². The maximum absolute atomic E-state index is 12.6. The molecule has 136 valence electrons. The number of nitrogens with one attached hydrogen (secondary N) is 2. The summed E-state index contributed by atoms with van der Waals surface area (Å²) in [5.74, 6) is -0.0889. The van der Waals surface area contributed by atoms with Crippen molar-refractivity contribution in [2.75, 3.05) is 43.9 Å².